The van der Waals surface area contributed by atoms with E-state index in [0.29, 0.717) is 17.5 Å². The quantitative estimate of drug-likeness (QED) is 0.177. The van der Waals surface area contributed by atoms with E-state index in [9.17, 15) is 0 Å². The molecule has 0 N–H and O–H groups in total. The molecule has 0 radical (unpaired) electrons. The van der Waals surface area contributed by atoms with Crippen molar-refractivity contribution >= 4 is 73.9 Å². The summed E-state index contributed by atoms with van der Waals surface area (Å²) in [5.41, 5.74) is 8.25. The van der Waals surface area contributed by atoms with Crippen molar-refractivity contribution in [3.8, 4) is 56.5 Å². The van der Waals surface area contributed by atoms with Gasteiger partial charge in [0.05, 0.1) is 15.9 Å². The molecule has 0 saturated heterocycles. The number of rotatable bonds is 5. The molecule has 11 aromatic rings. The minimum atomic E-state index is 0.641. The van der Waals surface area contributed by atoms with E-state index < -0.39 is 0 Å². The number of fused-ring (bicyclic) bond motifs is 8. The second kappa shape index (κ2) is 12.5. The first kappa shape index (κ1) is 31.0. The Kier molecular flexibility index (Phi) is 7.18. The molecule has 4 aromatic heterocycles. The second-order valence-electron chi connectivity index (χ2n) is 13.4. The molecule has 11 rings (SSSR count). The Morgan fingerprint density at radius 3 is 1.61 bits per heavy atom. The summed E-state index contributed by atoms with van der Waals surface area (Å²) in [6.45, 7) is 0. The normalized spacial score (nSPS) is 11.7. The van der Waals surface area contributed by atoms with Gasteiger partial charge in [-0.3, -0.25) is 0 Å². The zero-order valence-corrected chi connectivity index (χ0v) is 30.4. The van der Waals surface area contributed by atoms with Gasteiger partial charge in [-0.25, -0.2) is 19.9 Å². The number of aromatic nitrogens is 4. The van der Waals surface area contributed by atoms with Crippen molar-refractivity contribution in [2.75, 3.05) is 0 Å². The molecule has 54 heavy (non-hydrogen) atoms. The lowest BCUT2D eigenvalue weighted by atomic mass is 9.98. The second-order valence-corrected chi connectivity index (χ2v) is 15.6. The van der Waals surface area contributed by atoms with Gasteiger partial charge in [0.1, 0.15) is 0 Å². The van der Waals surface area contributed by atoms with E-state index in [1.165, 1.54) is 40.3 Å². The van der Waals surface area contributed by atoms with Crippen molar-refractivity contribution in [2.24, 2.45) is 0 Å². The van der Waals surface area contributed by atoms with E-state index in [4.69, 9.17) is 19.9 Å². The zero-order chi connectivity index (χ0) is 35.6. The molecule has 0 fully saturated rings. The fraction of sp³-hybridized carbons (Fsp3) is 0. The molecule has 4 nitrogen and oxygen atoms in total. The summed E-state index contributed by atoms with van der Waals surface area (Å²) < 4.78 is 4.99. The maximum Gasteiger partial charge on any atom is 0.164 e. The summed E-state index contributed by atoms with van der Waals surface area (Å²) in [7, 11) is 0. The van der Waals surface area contributed by atoms with Gasteiger partial charge in [0.25, 0.3) is 0 Å². The van der Waals surface area contributed by atoms with Crippen LogP contribution in [0.1, 0.15) is 0 Å². The lowest BCUT2D eigenvalue weighted by molar-refractivity contribution is 1.07. The summed E-state index contributed by atoms with van der Waals surface area (Å²) in [5.74, 6) is 1.95. The van der Waals surface area contributed by atoms with Gasteiger partial charge >= 0.3 is 0 Å². The maximum absolute atomic E-state index is 5.33. The molecule has 0 amide bonds. The van der Waals surface area contributed by atoms with Gasteiger partial charge < -0.3 is 0 Å². The number of pyridine rings is 1. The number of thiophene rings is 2. The summed E-state index contributed by atoms with van der Waals surface area (Å²) in [6, 6.07) is 59.7. The van der Waals surface area contributed by atoms with Crippen molar-refractivity contribution in [1.29, 1.82) is 0 Å². The highest BCUT2D eigenvalue weighted by molar-refractivity contribution is 7.26. The smallest absolute Gasteiger partial charge is 0.164 e. The topological polar surface area (TPSA) is 51.6 Å². The van der Waals surface area contributed by atoms with Crippen LogP contribution in [0.4, 0.5) is 0 Å². The van der Waals surface area contributed by atoms with E-state index in [1.807, 2.05) is 41.7 Å². The molecular formula is C48H28N4S2. The fourth-order valence-corrected chi connectivity index (χ4v) is 9.81. The van der Waals surface area contributed by atoms with Gasteiger partial charge in [0.15, 0.2) is 17.5 Å². The van der Waals surface area contributed by atoms with Gasteiger partial charge in [-0.15, -0.1) is 22.7 Å². The number of nitrogens with zero attached hydrogens (tertiary/aromatic N) is 4. The molecule has 7 aromatic carbocycles. The van der Waals surface area contributed by atoms with Gasteiger partial charge in [0, 0.05) is 63.3 Å². The van der Waals surface area contributed by atoms with E-state index in [2.05, 4.69) is 140 Å². The largest absolute Gasteiger partial charge is 0.246 e. The molecule has 0 unspecified atom stereocenters. The summed E-state index contributed by atoms with van der Waals surface area (Å²) in [4.78, 5) is 20.4. The standard InChI is InChI=1S/C48H28N4S2/c1-2-11-30(12-3-1)46-50-47(52-48(51-46)34-25-26-36-35-15-6-8-19-40(35)53-42(36)28-34)31-23-21-29(22-24-31)32-13-10-14-33(27-32)43-37-16-4-5-17-38(37)45-44(49-43)39-18-7-9-20-41(39)54-45/h1-28H. The van der Waals surface area contributed by atoms with Crippen LogP contribution in [0.15, 0.2) is 170 Å². The summed E-state index contributed by atoms with van der Waals surface area (Å²) in [6.07, 6.45) is 0. The first-order valence-corrected chi connectivity index (χ1v) is 19.5. The average Bonchev–Trinajstić information content (AvgIpc) is 3.82. The molecule has 6 heteroatoms. The molecule has 0 aliphatic carbocycles. The third-order valence-corrected chi connectivity index (χ3v) is 12.5. The highest BCUT2D eigenvalue weighted by Gasteiger charge is 2.17. The van der Waals surface area contributed by atoms with Crippen LogP contribution >= 0.6 is 22.7 Å². The molecule has 0 aliphatic rings. The fourth-order valence-electron chi connectivity index (χ4n) is 7.48. The van der Waals surface area contributed by atoms with Gasteiger partial charge in [-0.05, 0) is 35.4 Å². The molecule has 0 aliphatic heterocycles. The summed E-state index contributed by atoms with van der Waals surface area (Å²) >= 11 is 3.62. The van der Waals surface area contributed by atoms with Crippen LogP contribution in [0.3, 0.4) is 0 Å². The van der Waals surface area contributed by atoms with Crippen molar-refractivity contribution in [3.63, 3.8) is 0 Å². The Morgan fingerprint density at radius 2 is 0.833 bits per heavy atom. The van der Waals surface area contributed by atoms with E-state index >= 15 is 0 Å². The van der Waals surface area contributed by atoms with Crippen LogP contribution in [0, 0.1) is 0 Å². The van der Waals surface area contributed by atoms with Crippen molar-refractivity contribution < 1.29 is 0 Å². The molecule has 252 valence electrons. The molecule has 4 heterocycles. The van der Waals surface area contributed by atoms with Crippen LogP contribution < -0.4 is 0 Å². The first-order valence-electron chi connectivity index (χ1n) is 17.9. The molecular weight excluding hydrogens is 697 g/mol. The Hall–Kier alpha value is -6.60. The van der Waals surface area contributed by atoms with Crippen molar-refractivity contribution in [2.45, 2.75) is 0 Å². The van der Waals surface area contributed by atoms with Gasteiger partial charge in [-0.2, -0.15) is 0 Å². The predicted molar refractivity (Wildman–Crippen MR) is 228 cm³/mol. The van der Waals surface area contributed by atoms with Gasteiger partial charge in [0.2, 0.25) is 0 Å². The van der Waals surface area contributed by atoms with Crippen molar-refractivity contribution in [3.05, 3.63) is 170 Å². The van der Waals surface area contributed by atoms with Crippen LogP contribution in [-0.4, -0.2) is 19.9 Å². The Balaban J connectivity index is 0.990. The zero-order valence-electron chi connectivity index (χ0n) is 28.8. The first-order chi connectivity index (χ1) is 26.7. The third-order valence-electron chi connectivity index (χ3n) is 10.1. The number of benzene rings is 7. The van der Waals surface area contributed by atoms with Crippen LogP contribution in [-0.2, 0) is 0 Å². The number of hydrogen-bond donors (Lipinski definition) is 0. The lowest BCUT2D eigenvalue weighted by Crippen LogP contribution is -2.00. The van der Waals surface area contributed by atoms with E-state index in [1.54, 1.807) is 11.3 Å². The van der Waals surface area contributed by atoms with Crippen molar-refractivity contribution in [1.82, 2.24) is 19.9 Å². The Bertz CT molecular complexity index is 3220. The maximum atomic E-state index is 5.33. The molecule has 0 saturated carbocycles. The van der Waals surface area contributed by atoms with Crippen LogP contribution in [0.2, 0.25) is 0 Å². The number of hydrogen-bond acceptors (Lipinski definition) is 6. The Labute approximate surface area is 318 Å². The monoisotopic (exact) mass is 724 g/mol. The Morgan fingerprint density at radius 1 is 0.296 bits per heavy atom. The van der Waals surface area contributed by atoms with Gasteiger partial charge in [-0.1, -0.05) is 146 Å². The minimum absolute atomic E-state index is 0.641. The average molecular weight is 725 g/mol. The van der Waals surface area contributed by atoms with Crippen LogP contribution in [0.25, 0.3) is 108 Å². The molecule has 0 atom stereocenters. The summed E-state index contributed by atoms with van der Waals surface area (Å²) in [5, 5.41) is 6.13. The predicted octanol–water partition coefficient (Wildman–Crippen LogP) is 13.5. The molecule has 0 bridgehead atoms. The lowest BCUT2D eigenvalue weighted by Gasteiger charge is -2.11. The molecule has 0 spiro atoms. The SMILES string of the molecule is c1ccc(-c2nc(-c3ccc(-c4cccc(-c5nc6c7ccccc7sc6c6ccccc56)c4)cc3)nc(-c3ccc4c(c3)sc3ccccc34)n2)cc1. The highest BCUT2D eigenvalue weighted by atomic mass is 32.1. The van der Waals surface area contributed by atoms with E-state index in [0.717, 1.165) is 50.0 Å². The van der Waals surface area contributed by atoms with E-state index in [-0.39, 0.29) is 0 Å². The minimum Gasteiger partial charge on any atom is -0.246 e. The highest BCUT2D eigenvalue weighted by Crippen LogP contribution is 2.41. The third kappa shape index (κ3) is 5.18. The van der Waals surface area contributed by atoms with Crippen LogP contribution in [0.5, 0.6) is 0 Å².